The number of rotatable bonds is 12. The van der Waals surface area contributed by atoms with Crippen LogP contribution in [0.25, 0.3) is 0 Å². The Morgan fingerprint density at radius 1 is 0.720 bits per heavy atom. The molecule has 0 N–H and O–H groups in total. The number of nitrogens with zero attached hydrogens (tertiary/aromatic N) is 1. The van der Waals surface area contributed by atoms with E-state index in [-0.39, 0.29) is 24.6 Å². The molecular formula is C22H40LiNO. The fourth-order valence-corrected chi connectivity index (χ4v) is 3.02. The van der Waals surface area contributed by atoms with Crippen LogP contribution in [0.15, 0.2) is 24.3 Å². The van der Waals surface area contributed by atoms with Crippen molar-refractivity contribution in [3.8, 4) is 5.75 Å². The van der Waals surface area contributed by atoms with Crippen molar-refractivity contribution in [2.75, 3.05) is 26.2 Å². The maximum atomic E-state index is 10.2. The molecule has 1 aromatic carbocycles. The van der Waals surface area contributed by atoms with Crippen molar-refractivity contribution in [2.45, 2.75) is 79.1 Å². The monoisotopic (exact) mass is 341 g/mol. The SMILES string of the molecule is CCCC[N+](CCCC)(CCCC)CCCC.[Li+].[O-]c1cc[c-]cc1. The van der Waals surface area contributed by atoms with Crippen LogP contribution in [0.5, 0.6) is 5.75 Å². The number of hydrogen-bond donors (Lipinski definition) is 0. The third kappa shape index (κ3) is 14.4. The third-order valence-corrected chi connectivity index (χ3v) is 4.63. The summed E-state index contributed by atoms with van der Waals surface area (Å²) in [4.78, 5) is 0. The van der Waals surface area contributed by atoms with E-state index in [9.17, 15) is 5.11 Å². The zero-order valence-electron chi connectivity index (χ0n) is 17.7. The van der Waals surface area contributed by atoms with Crippen LogP contribution in [0.1, 0.15) is 79.1 Å². The Morgan fingerprint density at radius 3 is 1.24 bits per heavy atom. The Balaban J connectivity index is 0. The normalized spacial score (nSPS) is 10.6. The minimum absolute atomic E-state index is 0. The molecule has 0 bridgehead atoms. The van der Waals surface area contributed by atoms with E-state index < -0.39 is 0 Å². The van der Waals surface area contributed by atoms with Gasteiger partial charge in [-0.25, -0.2) is 5.75 Å². The largest absolute Gasteiger partial charge is 1.00 e. The van der Waals surface area contributed by atoms with Crippen LogP contribution in [0.3, 0.4) is 0 Å². The first-order valence-corrected chi connectivity index (χ1v) is 10.1. The first-order valence-electron chi connectivity index (χ1n) is 10.1. The van der Waals surface area contributed by atoms with Gasteiger partial charge in [0.05, 0.1) is 26.2 Å². The summed E-state index contributed by atoms with van der Waals surface area (Å²) < 4.78 is 1.42. The zero-order valence-corrected chi connectivity index (χ0v) is 17.7. The Hall–Kier alpha value is -0.423. The summed E-state index contributed by atoms with van der Waals surface area (Å²) in [7, 11) is 0. The second-order valence-corrected chi connectivity index (χ2v) is 6.89. The Labute approximate surface area is 169 Å². The maximum absolute atomic E-state index is 10.2. The molecule has 2 nitrogen and oxygen atoms in total. The molecule has 3 heteroatoms. The smallest absolute Gasteiger partial charge is 0.891 e. The predicted octanol–water partition coefficient (Wildman–Crippen LogP) is 2.57. The summed E-state index contributed by atoms with van der Waals surface area (Å²) in [5, 5.41) is 10.2. The molecule has 0 aliphatic carbocycles. The summed E-state index contributed by atoms with van der Waals surface area (Å²) in [6.45, 7) is 15.0. The number of quaternary nitrogens is 1. The molecule has 1 rings (SSSR count). The fraction of sp³-hybridized carbons (Fsp3) is 0.727. The van der Waals surface area contributed by atoms with Gasteiger partial charge in [0, 0.05) is 0 Å². The number of hydrogen-bond acceptors (Lipinski definition) is 1. The molecule has 140 valence electrons. The van der Waals surface area contributed by atoms with E-state index in [4.69, 9.17) is 0 Å². The molecule has 0 fully saturated rings. The van der Waals surface area contributed by atoms with Crippen molar-refractivity contribution >= 4 is 0 Å². The minimum atomic E-state index is 0. The summed E-state index contributed by atoms with van der Waals surface area (Å²) in [5.41, 5.74) is 0. The van der Waals surface area contributed by atoms with Crippen molar-refractivity contribution in [3.63, 3.8) is 0 Å². The van der Waals surface area contributed by atoms with Gasteiger partial charge < -0.3 is 9.59 Å². The molecule has 25 heavy (non-hydrogen) atoms. The first-order chi connectivity index (χ1) is 11.6. The van der Waals surface area contributed by atoms with Crippen molar-refractivity contribution in [1.82, 2.24) is 0 Å². The van der Waals surface area contributed by atoms with E-state index in [1.54, 1.807) is 12.1 Å². The molecule has 0 aliphatic rings. The van der Waals surface area contributed by atoms with Gasteiger partial charge in [0.25, 0.3) is 0 Å². The Morgan fingerprint density at radius 2 is 1.04 bits per heavy atom. The van der Waals surface area contributed by atoms with Crippen LogP contribution in [0.2, 0.25) is 0 Å². The molecule has 0 atom stereocenters. The molecule has 0 saturated heterocycles. The van der Waals surface area contributed by atoms with E-state index in [0.717, 1.165) is 0 Å². The summed E-state index contributed by atoms with van der Waals surface area (Å²) in [6.07, 6.45) is 11.1. The van der Waals surface area contributed by atoms with E-state index in [1.165, 1.54) is 94.2 Å². The average molecular weight is 342 g/mol. The third-order valence-electron chi connectivity index (χ3n) is 4.63. The van der Waals surface area contributed by atoms with Crippen LogP contribution in [0.4, 0.5) is 0 Å². The van der Waals surface area contributed by atoms with Gasteiger partial charge in [0.15, 0.2) is 0 Å². The number of benzene rings is 1. The van der Waals surface area contributed by atoms with Gasteiger partial charge >= 0.3 is 18.9 Å². The van der Waals surface area contributed by atoms with E-state index in [1.807, 2.05) is 0 Å². The molecular weight excluding hydrogens is 301 g/mol. The molecule has 1 aromatic rings. The molecule has 0 heterocycles. The van der Waals surface area contributed by atoms with Gasteiger partial charge in [-0.05, 0) is 25.7 Å². The molecule has 0 aromatic heterocycles. The van der Waals surface area contributed by atoms with Gasteiger partial charge in [-0.3, -0.25) is 0 Å². The van der Waals surface area contributed by atoms with Crippen LogP contribution in [0, 0.1) is 6.07 Å². The van der Waals surface area contributed by atoms with Crippen LogP contribution in [-0.2, 0) is 0 Å². The van der Waals surface area contributed by atoms with E-state index in [0.29, 0.717) is 0 Å². The van der Waals surface area contributed by atoms with Crippen molar-refractivity contribution in [3.05, 3.63) is 30.3 Å². The second-order valence-electron chi connectivity index (χ2n) is 6.89. The molecule has 0 radical (unpaired) electrons. The molecule has 0 aliphatic heterocycles. The zero-order chi connectivity index (χ0) is 18.1. The van der Waals surface area contributed by atoms with Crippen LogP contribution in [-0.4, -0.2) is 30.7 Å². The minimum Gasteiger partial charge on any atom is -0.891 e. The average Bonchev–Trinajstić information content (AvgIpc) is 2.62. The van der Waals surface area contributed by atoms with E-state index >= 15 is 0 Å². The van der Waals surface area contributed by atoms with Crippen LogP contribution < -0.4 is 24.0 Å². The van der Waals surface area contributed by atoms with Gasteiger partial charge in [0.1, 0.15) is 0 Å². The summed E-state index contributed by atoms with van der Waals surface area (Å²) >= 11 is 0. The van der Waals surface area contributed by atoms with Gasteiger partial charge in [-0.15, -0.1) is 0 Å². The first kappa shape index (κ1) is 26.8. The molecule has 0 amide bonds. The van der Waals surface area contributed by atoms with Gasteiger partial charge in [0.2, 0.25) is 0 Å². The Kier molecular flexibility index (Phi) is 19.7. The summed E-state index contributed by atoms with van der Waals surface area (Å²) in [5.74, 6) is 0.0405. The van der Waals surface area contributed by atoms with Crippen molar-refractivity contribution in [2.24, 2.45) is 0 Å². The standard InChI is InChI=1S/C16H36N.C6H5O.Li/c1-5-9-13-17(14-10-6-2,15-11-7-3)16-12-8-4;7-6-4-2-1-3-5-6;/h5-16H2,1-4H3;2-5,7H;/q+1;-1;+1/p-1. The molecule has 0 saturated carbocycles. The number of unbranched alkanes of at least 4 members (excludes halogenated alkanes) is 4. The predicted molar refractivity (Wildman–Crippen MR) is 104 cm³/mol. The summed E-state index contributed by atoms with van der Waals surface area (Å²) in [6, 6.07) is 8.88. The van der Waals surface area contributed by atoms with Crippen LogP contribution >= 0.6 is 0 Å². The topological polar surface area (TPSA) is 23.1 Å². The Bertz CT molecular complexity index is 332. The van der Waals surface area contributed by atoms with Gasteiger partial charge in [-0.2, -0.15) is 30.3 Å². The maximum Gasteiger partial charge on any atom is 1.00 e. The van der Waals surface area contributed by atoms with E-state index in [2.05, 4.69) is 33.8 Å². The second kappa shape index (κ2) is 18.4. The fourth-order valence-electron chi connectivity index (χ4n) is 3.02. The van der Waals surface area contributed by atoms with Crippen molar-refractivity contribution < 1.29 is 28.5 Å². The van der Waals surface area contributed by atoms with Gasteiger partial charge in [-0.1, -0.05) is 53.4 Å². The molecule has 0 unspecified atom stereocenters. The quantitative estimate of drug-likeness (QED) is 0.325. The van der Waals surface area contributed by atoms with Crippen molar-refractivity contribution in [1.29, 1.82) is 0 Å². The molecule has 0 spiro atoms.